The van der Waals surface area contributed by atoms with Crippen molar-refractivity contribution in [1.82, 2.24) is 4.98 Å². The van der Waals surface area contributed by atoms with Gasteiger partial charge in [0.15, 0.2) is 11.5 Å². The number of carbonyl (C=O) groups excluding carboxylic acids is 1. The van der Waals surface area contributed by atoms with E-state index in [0.717, 1.165) is 0 Å². The van der Waals surface area contributed by atoms with Gasteiger partial charge in [-0.05, 0) is 36.8 Å². The second kappa shape index (κ2) is 5.50. The maximum Gasteiger partial charge on any atom is 0.433 e. The van der Waals surface area contributed by atoms with Crippen LogP contribution in [-0.2, 0) is 6.18 Å². The highest BCUT2D eigenvalue weighted by atomic mass is 19.4. The number of benzene rings is 2. The molecule has 0 spiro atoms. The van der Waals surface area contributed by atoms with Crippen molar-refractivity contribution in [2.75, 3.05) is 0 Å². The number of ketones is 1. The molecule has 0 radical (unpaired) electrons. The molecule has 1 aromatic heterocycles. The highest BCUT2D eigenvalue weighted by Gasteiger charge is 2.36. The van der Waals surface area contributed by atoms with Crippen molar-refractivity contribution in [2.45, 2.75) is 13.1 Å². The van der Waals surface area contributed by atoms with Crippen LogP contribution in [0.15, 0.2) is 54.6 Å². The highest BCUT2D eigenvalue weighted by Crippen LogP contribution is 2.37. The monoisotopic (exact) mass is 315 g/mol. The molecule has 3 rings (SSSR count). The number of hydrogen-bond donors (Lipinski definition) is 0. The van der Waals surface area contributed by atoms with Gasteiger partial charge in [-0.2, -0.15) is 13.2 Å². The van der Waals surface area contributed by atoms with Crippen LogP contribution in [0.4, 0.5) is 13.2 Å². The molecule has 0 saturated carbocycles. The zero-order valence-corrected chi connectivity index (χ0v) is 12.2. The Labute approximate surface area is 130 Å². The molecule has 0 amide bonds. The number of rotatable bonds is 2. The van der Waals surface area contributed by atoms with Crippen LogP contribution in [0.25, 0.3) is 22.0 Å². The first-order valence-corrected chi connectivity index (χ1v) is 6.94. The first-order chi connectivity index (χ1) is 10.9. The number of aromatic nitrogens is 1. The SMILES string of the molecule is CC(=O)c1ccc2nc(C(F)(F)F)c(-c3ccccc3)cc2c1. The fourth-order valence-corrected chi connectivity index (χ4v) is 2.45. The predicted molar refractivity (Wildman–Crippen MR) is 82.2 cm³/mol. The Morgan fingerprint density at radius 1 is 1.00 bits per heavy atom. The van der Waals surface area contributed by atoms with Gasteiger partial charge < -0.3 is 0 Å². The Balaban J connectivity index is 2.32. The van der Waals surface area contributed by atoms with Crippen LogP contribution in [0.5, 0.6) is 0 Å². The average Bonchev–Trinajstić information content (AvgIpc) is 2.53. The normalized spacial score (nSPS) is 11.7. The summed E-state index contributed by atoms with van der Waals surface area (Å²) in [6.45, 7) is 1.41. The van der Waals surface area contributed by atoms with E-state index in [1.54, 1.807) is 36.4 Å². The molecule has 2 aromatic carbocycles. The van der Waals surface area contributed by atoms with E-state index in [0.29, 0.717) is 16.5 Å². The van der Waals surface area contributed by atoms with Gasteiger partial charge in [-0.1, -0.05) is 30.3 Å². The molecule has 23 heavy (non-hydrogen) atoms. The molecule has 0 atom stereocenters. The van der Waals surface area contributed by atoms with Gasteiger partial charge in [0.05, 0.1) is 5.52 Å². The van der Waals surface area contributed by atoms with Crippen molar-refractivity contribution >= 4 is 16.7 Å². The van der Waals surface area contributed by atoms with Crippen LogP contribution in [0.2, 0.25) is 0 Å². The van der Waals surface area contributed by atoms with Gasteiger partial charge in [-0.3, -0.25) is 4.79 Å². The van der Waals surface area contributed by atoms with Gasteiger partial charge >= 0.3 is 6.18 Å². The van der Waals surface area contributed by atoms with Crippen LogP contribution in [0, 0.1) is 0 Å². The molecule has 3 aromatic rings. The van der Waals surface area contributed by atoms with Gasteiger partial charge in [0, 0.05) is 16.5 Å². The lowest BCUT2D eigenvalue weighted by Crippen LogP contribution is -2.10. The fraction of sp³-hybridized carbons (Fsp3) is 0.111. The standard InChI is InChI=1S/C18H12F3NO/c1-11(23)13-7-8-16-14(9-13)10-15(12-5-3-2-4-6-12)17(22-16)18(19,20)21/h2-10H,1H3. The van der Waals surface area contributed by atoms with Crippen molar-refractivity contribution in [3.63, 3.8) is 0 Å². The minimum Gasteiger partial charge on any atom is -0.295 e. The molecular weight excluding hydrogens is 303 g/mol. The summed E-state index contributed by atoms with van der Waals surface area (Å²) in [5, 5.41) is 0.504. The molecule has 0 N–H and O–H groups in total. The number of fused-ring (bicyclic) bond motifs is 1. The molecule has 2 nitrogen and oxygen atoms in total. The third-order valence-electron chi connectivity index (χ3n) is 3.57. The summed E-state index contributed by atoms with van der Waals surface area (Å²) in [6, 6.07) is 14.2. The van der Waals surface area contributed by atoms with Gasteiger partial charge in [-0.15, -0.1) is 0 Å². The number of Topliss-reactive ketones (excluding diaryl/α,β-unsaturated/α-hetero) is 1. The van der Waals surface area contributed by atoms with E-state index in [1.807, 2.05) is 0 Å². The van der Waals surface area contributed by atoms with Crippen LogP contribution >= 0.6 is 0 Å². The van der Waals surface area contributed by atoms with Crippen LogP contribution in [0.1, 0.15) is 23.0 Å². The van der Waals surface area contributed by atoms with Gasteiger partial charge in [0.2, 0.25) is 0 Å². The lowest BCUT2D eigenvalue weighted by atomic mass is 9.99. The van der Waals surface area contributed by atoms with E-state index in [4.69, 9.17) is 0 Å². The maximum absolute atomic E-state index is 13.4. The molecule has 0 aliphatic rings. The minimum atomic E-state index is -4.56. The minimum absolute atomic E-state index is 0.00584. The van der Waals surface area contributed by atoms with Crippen molar-refractivity contribution < 1.29 is 18.0 Å². The number of pyridine rings is 1. The zero-order valence-electron chi connectivity index (χ0n) is 12.2. The second-order valence-corrected chi connectivity index (χ2v) is 5.21. The summed E-state index contributed by atoms with van der Waals surface area (Å²) in [5.74, 6) is -0.145. The van der Waals surface area contributed by atoms with E-state index in [1.165, 1.54) is 25.1 Å². The van der Waals surface area contributed by atoms with Crippen molar-refractivity contribution in [3.8, 4) is 11.1 Å². The van der Waals surface area contributed by atoms with Crippen molar-refractivity contribution in [2.24, 2.45) is 0 Å². The van der Waals surface area contributed by atoms with E-state index < -0.39 is 11.9 Å². The second-order valence-electron chi connectivity index (χ2n) is 5.21. The van der Waals surface area contributed by atoms with E-state index >= 15 is 0 Å². The highest BCUT2D eigenvalue weighted by molar-refractivity contribution is 5.98. The Kier molecular flexibility index (Phi) is 3.64. The van der Waals surface area contributed by atoms with Crippen LogP contribution in [-0.4, -0.2) is 10.8 Å². The Morgan fingerprint density at radius 3 is 2.30 bits per heavy atom. The van der Waals surface area contributed by atoms with E-state index in [-0.39, 0.29) is 16.9 Å². The number of alkyl halides is 3. The van der Waals surface area contributed by atoms with Crippen molar-refractivity contribution in [3.05, 3.63) is 65.9 Å². The maximum atomic E-state index is 13.4. The van der Waals surface area contributed by atoms with Crippen LogP contribution < -0.4 is 0 Å². The molecule has 0 fully saturated rings. The molecule has 0 bridgehead atoms. The number of halogens is 3. The number of nitrogens with zero attached hydrogens (tertiary/aromatic N) is 1. The Bertz CT molecular complexity index is 886. The molecule has 5 heteroatoms. The van der Waals surface area contributed by atoms with E-state index in [2.05, 4.69) is 4.98 Å². The topological polar surface area (TPSA) is 30.0 Å². The Morgan fingerprint density at radius 2 is 1.70 bits per heavy atom. The molecule has 0 aliphatic carbocycles. The van der Waals surface area contributed by atoms with Crippen molar-refractivity contribution in [1.29, 1.82) is 0 Å². The number of carbonyl (C=O) groups is 1. The fourth-order valence-electron chi connectivity index (χ4n) is 2.45. The summed E-state index contributed by atoms with van der Waals surface area (Å²) in [6.07, 6.45) is -4.56. The predicted octanol–water partition coefficient (Wildman–Crippen LogP) is 5.12. The molecule has 0 saturated heterocycles. The summed E-state index contributed by atoms with van der Waals surface area (Å²) >= 11 is 0. The lowest BCUT2D eigenvalue weighted by Gasteiger charge is -2.14. The van der Waals surface area contributed by atoms with Gasteiger partial charge in [0.25, 0.3) is 0 Å². The number of hydrogen-bond acceptors (Lipinski definition) is 2. The third kappa shape index (κ3) is 2.95. The third-order valence-corrected chi connectivity index (χ3v) is 3.57. The summed E-state index contributed by atoms with van der Waals surface area (Å²) < 4.78 is 40.1. The molecule has 0 unspecified atom stereocenters. The molecular formula is C18H12F3NO. The van der Waals surface area contributed by atoms with E-state index in [9.17, 15) is 18.0 Å². The van der Waals surface area contributed by atoms with Gasteiger partial charge in [0.1, 0.15) is 0 Å². The molecule has 116 valence electrons. The summed E-state index contributed by atoms with van der Waals surface area (Å²) in [7, 11) is 0. The largest absolute Gasteiger partial charge is 0.433 e. The molecule has 0 aliphatic heterocycles. The zero-order chi connectivity index (χ0) is 16.6. The smallest absolute Gasteiger partial charge is 0.295 e. The summed E-state index contributed by atoms with van der Waals surface area (Å²) in [4.78, 5) is 15.3. The average molecular weight is 315 g/mol. The van der Waals surface area contributed by atoms with Gasteiger partial charge in [-0.25, -0.2) is 4.98 Å². The first-order valence-electron chi connectivity index (χ1n) is 6.94. The summed E-state index contributed by atoms with van der Waals surface area (Å²) in [5.41, 5.74) is 0.167. The first kappa shape index (κ1) is 15.2. The van der Waals surface area contributed by atoms with Crippen LogP contribution in [0.3, 0.4) is 0 Å². The Hall–Kier alpha value is -2.69. The quantitative estimate of drug-likeness (QED) is 0.614. The lowest BCUT2D eigenvalue weighted by molar-refractivity contribution is -0.140. The molecule has 1 heterocycles.